The summed E-state index contributed by atoms with van der Waals surface area (Å²) in [5.41, 5.74) is 3.28. The van der Waals surface area contributed by atoms with Gasteiger partial charge in [-0.2, -0.15) is 5.10 Å². The molecule has 3 aliphatic rings. The lowest BCUT2D eigenvalue weighted by Crippen LogP contribution is -2.36. The molecule has 0 radical (unpaired) electrons. The van der Waals surface area contributed by atoms with Crippen LogP contribution in [-0.4, -0.2) is 57.1 Å². The normalized spacial score (nSPS) is 23.2. The lowest BCUT2D eigenvalue weighted by molar-refractivity contribution is -0.0368. The van der Waals surface area contributed by atoms with Crippen LogP contribution in [0.4, 0.5) is 15.0 Å². The van der Waals surface area contributed by atoms with Crippen LogP contribution in [0.3, 0.4) is 0 Å². The number of nitrogens with one attached hydrogen (secondary N) is 1. The molecule has 0 spiro atoms. The number of pyridine rings is 1. The summed E-state index contributed by atoms with van der Waals surface area (Å²) < 4.78 is 28.9. The lowest BCUT2D eigenvalue weighted by atomic mass is 9.90. The van der Waals surface area contributed by atoms with E-state index in [2.05, 4.69) is 15.2 Å². The first-order chi connectivity index (χ1) is 23.9. The molecule has 5 heterocycles. The number of rotatable bonds is 8. The molecule has 3 fully saturated rings. The average Bonchev–Trinajstić information content (AvgIpc) is 3.63. The third-order valence-electron chi connectivity index (χ3n) is 10.2. The maximum atomic E-state index is 15.4. The maximum absolute atomic E-state index is 15.4. The van der Waals surface area contributed by atoms with Crippen LogP contribution in [-0.2, 0) is 21.5 Å². The molecule has 1 unspecified atom stereocenters. The lowest BCUT2D eigenvalue weighted by Gasteiger charge is -2.27. The fourth-order valence-electron chi connectivity index (χ4n) is 7.73. The molecular weight excluding hydrogens is 668 g/mol. The van der Waals surface area contributed by atoms with E-state index in [0.29, 0.717) is 58.5 Å². The number of nitrogens with zero attached hydrogens (tertiary/aromatic N) is 6. The van der Waals surface area contributed by atoms with E-state index in [9.17, 15) is 4.79 Å². The Morgan fingerprint density at radius 3 is 2.69 bits per heavy atom. The van der Waals surface area contributed by atoms with Crippen LogP contribution in [0.25, 0.3) is 22.4 Å². The van der Waals surface area contributed by atoms with Gasteiger partial charge in [0.2, 0.25) is 0 Å². The number of anilines is 1. The van der Waals surface area contributed by atoms with Gasteiger partial charge in [-0.1, -0.05) is 71.7 Å². The molecule has 2 aromatic carbocycles. The van der Waals surface area contributed by atoms with E-state index >= 15 is 4.39 Å². The number of benzene rings is 2. The highest BCUT2D eigenvalue weighted by atomic mass is 35.5. The van der Waals surface area contributed by atoms with Crippen LogP contribution in [0, 0.1) is 17.7 Å². The van der Waals surface area contributed by atoms with Gasteiger partial charge in [-0.15, -0.1) is 0 Å². The fraction of sp³-hybridized carbons (Fsp3) is 0.361. The largest absolute Gasteiger partial charge is 0.445 e. The zero-order valence-corrected chi connectivity index (χ0v) is 28.1. The van der Waals surface area contributed by atoms with Crippen LogP contribution in [0.2, 0.25) is 10.2 Å². The minimum absolute atomic E-state index is 0.0741. The van der Waals surface area contributed by atoms with Crippen LogP contribution < -0.4 is 10.2 Å². The van der Waals surface area contributed by atoms with Gasteiger partial charge in [0.15, 0.2) is 11.9 Å². The van der Waals surface area contributed by atoms with E-state index in [-0.39, 0.29) is 42.2 Å². The summed E-state index contributed by atoms with van der Waals surface area (Å²) in [6.45, 7) is 2.37. The summed E-state index contributed by atoms with van der Waals surface area (Å²) in [4.78, 5) is 29.1. The molecule has 1 aliphatic carbocycles. The van der Waals surface area contributed by atoms with Crippen molar-refractivity contribution in [2.45, 2.75) is 43.9 Å². The Hall–Kier alpha value is -4.32. The highest BCUT2D eigenvalue weighted by Crippen LogP contribution is 2.63. The number of amides is 1. The molecule has 4 atom stereocenters. The molecule has 10 nitrogen and oxygen atoms in total. The summed E-state index contributed by atoms with van der Waals surface area (Å²) >= 11 is 12.9. The number of hydrogen-bond donors (Lipinski definition) is 1. The first kappa shape index (κ1) is 31.9. The minimum atomic E-state index is -0.578. The van der Waals surface area contributed by atoms with Gasteiger partial charge in [0.25, 0.3) is 0 Å². The highest BCUT2D eigenvalue weighted by molar-refractivity contribution is 6.43. The summed E-state index contributed by atoms with van der Waals surface area (Å²) in [6.07, 6.45) is 6.12. The predicted octanol–water partition coefficient (Wildman–Crippen LogP) is 7.35. The summed E-state index contributed by atoms with van der Waals surface area (Å²) in [5, 5.41) is 8.37. The standard InChI is InChI=1S/C36H34Cl2FN7O3/c37-30-23(13-15-40-33(30)38)31-32-34(46(44-31)29-12-6-7-17-48-29)43-28(18-41-32)45-16-14-24-26(19-45)36(24,25-10-4-5-11-27(25)39)21-42-35(47)49-20-22-8-2-1-3-9-22/h1-5,8-11,13,15,18,24,26,29H,6-7,12,14,16-17,19-21H2,(H,42,47)/t24-,26+,29?,36-/m1/s1. The molecule has 2 saturated heterocycles. The smallest absolute Gasteiger partial charge is 0.407 e. The Balaban J connectivity index is 1.08. The second-order valence-corrected chi connectivity index (χ2v) is 13.6. The summed E-state index contributed by atoms with van der Waals surface area (Å²) in [6, 6.07) is 18.1. The summed E-state index contributed by atoms with van der Waals surface area (Å²) in [7, 11) is 0. The molecule has 2 aliphatic heterocycles. The third kappa shape index (κ3) is 5.87. The van der Waals surface area contributed by atoms with Gasteiger partial charge in [-0.05, 0) is 60.8 Å². The van der Waals surface area contributed by atoms with Gasteiger partial charge >= 0.3 is 6.09 Å². The van der Waals surface area contributed by atoms with E-state index in [1.165, 1.54) is 6.07 Å². The van der Waals surface area contributed by atoms with Crippen molar-refractivity contribution in [2.24, 2.45) is 11.8 Å². The molecule has 0 bridgehead atoms. The monoisotopic (exact) mass is 701 g/mol. The molecule has 1 saturated carbocycles. The van der Waals surface area contributed by atoms with Crippen molar-refractivity contribution in [1.29, 1.82) is 0 Å². The number of hydrogen-bond acceptors (Lipinski definition) is 8. The van der Waals surface area contributed by atoms with Crippen LogP contribution in [0.15, 0.2) is 73.1 Å². The van der Waals surface area contributed by atoms with Crippen molar-refractivity contribution >= 4 is 46.3 Å². The molecule has 3 aromatic heterocycles. The van der Waals surface area contributed by atoms with E-state index in [4.69, 9.17) is 47.7 Å². The first-order valence-electron chi connectivity index (χ1n) is 16.6. The maximum Gasteiger partial charge on any atom is 0.407 e. The van der Waals surface area contributed by atoms with Crippen molar-refractivity contribution in [3.8, 4) is 11.3 Å². The zero-order valence-electron chi connectivity index (χ0n) is 26.6. The van der Waals surface area contributed by atoms with Gasteiger partial charge in [0.1, 0.15) is 34.6 Å². The average molecular weight is 703 g/mol. The van der Waals surface area contributed by atoms with Gasteiger partial charge in [-0.25, -0.2) is 28.8 Å². The molecule has 252 valence electrons. The molecule has 8 rings (SSSR count). The Morgan fingerprint density at radius 1 is 1.04 bits per heavy atom. The van der Waals surface area contributed by atoms with Gasteiger partial charge in [0.05, 0.1) is 11.2 Å². The van der Waals surface area contributed by atoms with E-state index in [1.807, 2.05) is 47.1 Å². The number of halogens is 3. The highest BCUT2D eigenvalue weighted by Gasteiger charge is 2.67. The Bertz CT molecular complexity index is 2010. The van der Waals surface area contributed by atoms with E-state index in [1.54, 1.807) is 24.5 Å². The van der Waals surface area contributed by atoms with Crippen molar-refractivity contribution in [2.75, 3.05) is 31.1 Å². The van der Waals surface area contributed by atoms with Gasteiger partial charge < -0.3 is 19.7 Å². The second-order valence-electron chi connectivity index (χ2n) is 12.9. The quantitative estimate of drug-likeness (QED) is 0.167. The van der Waals surface area contributed by atoms with Crippen molar-refractivity contribution in [1.82, 2.24) is 30.0 Å². The fourth-order valence-corrected chi connectivity index (χ4v) is 8.08. The van der Waals surface area contributed by atoms with E-state index < -0.39 is 11.5 Å². The van der Waals surface area contributed by atoms with Crippen LogP contribution in [0.1, 0.15) is 43.0 Å². The van der Waals surface area contributed by atoms with Crippen molar-refractivity contribution in [3.63, 3.8) is 0 Å². The molecule has 1 amide bonds. The van der Waals surface area contributed by atoms with E-state index in [0.717, 1.165) is 31.2 Å². The van der Waals surface area contributed by atoms with Gasteiger partial charge in [0, 0.05) is 43.4 Å². The van der Waals surface area contributed by atoms with Gasteiger partial charge in [-0.3, -0.25) is 0 Å². The van der Waals surface area contributed by atoms with Crippen LogP contribution >= 0.6 is 23.2 Å². The zero-order chi connectivity index (χ0) is 33.5. The number of carbonyl (C=O) groups excluding carboxylic acids is 1. The van der Waals surface area contributed by atoms with Crippen molar-refractivity contribution < 1.29 is 18.7 Å². The molecule has 49 heavy (non-hydrogen) atoms. The number of carbonyl (C=O) groups is 1. The Kier molecular flexibility index (Phi) is 8.59. The topological polar surface area (TPSA) is 107 Å². The molecule has 1 N–H and O–H groups in total. The SMILES string of the molecule is O=C(NC[C@]1(c2ccccc2F)[C@@H]2CCN(c3cnc4c(-c5ccnc(Cl)c5Cl)nn(C5CCCCO5)c4n3)C[C@@H]21)OCc1ccccc1. The third-order valence-corrected chi connectivity index (χ3v) is 11.0. The number of ether oxygens (including phenoxy) is 2. The minimum Gasteiger partial charge on any atom is -0.445 e. The number of piperidine rings is 1. The molecule has 13 heteroatoms. The summed E-state index contributed by atoms with van der Waals surface area (Å²) in [5.74, 6) is 0.670. The second kappa shape index (κ2) is 13.2. The molecule has 5 aromatic rings. The number of aromatic nitrogens is 5. The van der Waals surface area contributed by atoms with Crippen LogP contribution in [0.5, 0.6) is 0 Å². The van der Waals surface area contributed by atoms with Crippen molar-refractivity contribution in [3.05, 3.63) is 100 Å². The Labute approximate surface area is 292 Å². The first-order valence-corrected chi connectivity index (χ1v) is 17.3. The number of alkyl carbamates (subject to hydrolysis) is 1. The predicted molar refractivity (Wildman–Crippen MR) is 184 cm³/mol. The Morgan fingerprint density at radius 2 is 1.88 bits per heavy atom. The number of fused-ring (bicyclic) bond motifs is 2. The molecular formula is C36H34Cl2FN7O3.